The van der Waals surface area contributed by atoms with Crippen molar-refractivity contribution in [2.45, 2.75) is 32.7 Å². The molecule has 1 N–H and O–H groups in total. The average molecular weight is 361 g/mol. The van der Waals surface area contributed by atoms with Crippen molar-refractivity contribution < 1.29 is 9.59 Å². The van der Waals surface area contributed by atoms with Crippen molar-refractivity contribution in [2.75, 3.05) is 11.9 Å². The van der Waals surface area contributed by atoms with E-state index >= 15 is 0 Å². The van der Waals surface area contributed by atoms with Gasteiger partial charge in [-0.15, -0.1) is 0 Å². The summed E-state index contributed by atoms with van der Waals surface area (Å²) in [6.07, 6.45) is 4.79. The third-order valence-corrected chi connectivity index (χ3v) is 4.62. The molecule has 132 valence electrons. The quantitative estimate of drug-likeness (QED) is 0.890. The van der Waals surface area contributed by atoms with E-state index in [1.54, 1.807) is 40.2 Å². The zero-order chi connectivity index (χ0) is 18.0. The van der Waals surface area contributed by atoms with E-state index < -0.39 is 6.04 Å². The van der Waals surface area contributed by atoms with E-state index in [0.29, 0.717) is 23.7 Å². The molecule has 0 saturated carbocycles. The van der Waals surface area contributed by atoms with Gasteiger partial charge in [-0.1, -0.05) is 25.4 Å². The molecule has 25 heavy (non-hydrogen) atoms. The maximum Gasteiger partial charge on any atom is 0.247 e. The number of carbonyl (C=O) groups excluding carboxylic acids is 2. The van der Waals surface area contributed by atoms with E-state index in [2.05, 4.69) is 10.4 Å². The van der Waals surface area contributed by atoms with Crippen LogP contribution in [0.15, 0.2) is 36.7 Å². The summed E-state index contributed by atoms with van der Waals surface area (Å²) >= 11 is 6.32. The number of hydrogen-bond donors (Lipinski definition) is 1. The molecule has 1 aromatic heterocycles. The predicted molar refractivity (Wildman–Crippen MR) is 96.8 cm³/mol. The van der Waals surface area contributed by atoms with Gasteiger partial charge in [0.2, 0.25) is 11.8 Å². The van der Waals surface area contributed by atoms with Crippen LogP contribution in [-0.2, 0) is 9.59 Å². The lowest BCUT2D eigenvalue weighted by atomic mass is 10.0. The van der Waals surface area contributed by atoms with Crippen LogP contribution in [0.4, 0.5) is 5.69 Å². The Hall–Kier alpha value is -2.34. The van der Waals surface area contributed by atoms with Crippen LogP contribution in [0.3, 0.4) is 0 Å². The van der Waals surface area contributed by atoms with Crippen LogP contribution in [0.2, 0.25) is 5.02 Å². The summed E-state index contributed by atoms with van der Waals surface area (Å²) in [7, 11) is 0. The van der Waals surface area contributed by atoms with E-state index in [1.165, 1.54) is 0 Å². The van der Waals surface area contributed by atoms with Crippen molar-refractivity contribution in [3.05, 3.63) is 41.7 Å². The van der Waals surface area contributed by atoms with Gasteiger partial charge >= 0.3 is 0 Å². The Kier molecular flexibility index (Phi) is 5.08. The Morgan fingerprint density at radius 3 is 2.72 bits per heavy atom. The number of nitrogens with zero attached hydrogens (tertiary/aromatic N) is 3. The molecule has 1 aromatic carbocycles. The van der Waals surface area contributed by atoms with Gasteiger partial charge in [-0.25, -0.2) is 4.68 Å². The summed E-state index contributed by atoms with van der Waals surface area (Å²) in [6, 6.07) is 6.62. The highest BCUT2D eigenvalue weighted by atomic mass is 35.5. The highest BCUT2D eigenvalue weighted by Crippen LogP contribution is 2.25. The van der Waals surface area contributed by atoms with Crippen LogP contribution in [0.25, 0.3) is 5.69 Å². The van der Waals surface area contributed by atoms with Gasteiger partial charge in [0.05, 0.1) is 10.7 Å². The molecule has 0 spiro atoms. The lowest BCUT2D eigenvalue weighted by Gasteiger charge is -2.29. The Morgan fingerprint density at radius 1 is 1.36 bits per heavy atom. The first-order valence-corrected chi connectivity index (χ1v) is 8.75. The van der Waals surface area contributed by atoms with Gasteiger partial charge in [-0.2, -0.15) is 5.10 Å². The van der Waals surface area contributed by atoms with Gasteiger partial charge in [0.25, 0.3) is 0 Å². The van der Waals surface area contributed by atoms with Crippen LogP contribution in [-0.4, -0.2) is 39.1 Å². The highest BCUT2D eigenvalue weighted by Gasteiger charge is 2.34. The Labute approximate surface area is 151 Å². The van der Waals surface area contributed by atoms with Crippen molar-refractivity contribution in [2.24, 2.45) is 5.92 Å². The molecule has 0 unspecified atom stereocenters. The van der Waals surface area contributed by atoms with Crippen LogP contribution in [0, 0.1) is 5.92 Å². The first kappa shape index (κ1) is 17.5. The van der Waals surface area contributed by atoms with E-state index in [0.717, 1.165) is 12.1 Å². The van der Waals surface area contributed by atoms with Crippen molar-refractivity contribution in [1.82, 2.24) is 14.7 Å². The maximum atomic E-state index is 12.7. The summed E-state index contributed by atoms with van der Waals surface area (Å²) in [6.45, 7) is 4.53. The molecule has 3 rings (SSSR count). The Balaban J connectivity index is 1.77. The molecule has 6 nitrogen and oxygen atoms in total. The van der Waals surface area contributed by atoms with Crippen molar-refractivity contribution in [3.63, 3.8) is 0 Å². The molecule has 1 atom stereocenters. The smallest absolute Gasteiger partial charge is 0.247 e. The number of amides is 2. The number of aromatic nitrogens is 2. The topological polar surface area (TPSA) is 67.2 Å². The zero-order valence-corrected chi connectivity index (χ0v) is 15.0. The largest absolute Gasteiger partial charge is 0.330 e. The third-order valence-electron chi connectivity index (χ3n) is 4.31. The molecule has 0 aliphatic carbocycles. The number of likely N-dealkylation sites (tertiary alicyclic amines) is 1. The summed E-state index contributed by atoms with van der Waals surface area (Å²) in [5.41, 5.74) is 1.34. The van der Waals surface area contributed by atoms with Gasteiger partial charge in [0.15, 0.2) is 0 Å². The zero-order valence-electron chi connectivity index (χ0n) is 14.3. The van der Waals surface area contributed by atoms with Crippen molar-refractivity contribution in [3.8, 4) is 5.69 Å². The summed E-state index contributed by atoms with van der Waals surface area (Å²) < 4.78 is 1.66. The Bertz CT molecular complexity index is 773. The molecule has 1 saturated heterocycles. The first-order valence-electron chi connectivity index (χ1n) is 8.37. The molecule has 0 bridgehead atoms. The standard InChI is InChI=1S/C18H21ClN4O2/c1-12(2)17(22-9-3-5-16(22)24)18(25)21-13-6-7-15(14(19)11-13)23-10-4-8-20-23/h4,6-8,10-12,17H,3,5,9H2,1-2H3,(H,21,25)/t17-/m0/s1. The molecule has 1 aliphatic heterocycles. The third kappa shape index (κ3) is 3.69. The number of nitrogens with one attached hydrogen (secondary N) is 1. The maximum absolute atomic E-state index is 12.7. The molecule has 1 aliphatic rings. The number of halogens is 1. The van der Waals surface area contributed by atoms with Gasteiger partial charge in [-0.3, -0.25) is 9.59 Å². The van der Waals surface area contributed by atoms with Crippen molar-refractivity contribution in [1.29, 1.82) is 0 Å². The summed E-state index contributed by atoms with van der Waals surface area (Å²) in [5, 5.41) is 7.52. The minimum Gasteiger partial charge on any atom is -0.330 e. The minimum absolute atomic E-state index is 0.0286. The van der Waals surface area contributed by atoms with Crippen LogP contribution in [0.5, 0.6) is 0 Å². The lowest BCUT2D eigenvalue weighted by molar-refractivity contribution is -0.136. The van der Waals surface area contributed by atoms with Gasteiger partial charge in [0, 0.05) is 31.0 Å². The van der Waals surface area contributed by atoms with Crippen LogP contribution < -0.4 is 5.32 Å². The van der Waals surface area contributed by atoms with E-state index in [9.17, 15) is 9.59 Å². The number of carbonyl (C=O) groups is 2. The molecule has 0 radical (unpaired) electrons. The fraction of sp³-hybridized carbons (Fsp3) is 0.389. The average Bonchev–Trinajstić information content (AvgIpc) is 3.20. The van der Waals surface area contributed by atoms with Crippen LogP contribution >= 0.6 is 11.6 Å². The van der Waals surface area contributed by atoms with E-state index in [4.69, 9.17) is 11.6 Å². The van der Waals surface area contributed by atoms with Gasteiger partial charge in [0.1, 0.15) is 6.04 Å². The summed E-state index contributed by atoms with van der Waals surface area (Å²) in [5.74, 6) is -0.116. The van der Waals surface area contributed by atoms with Crippen LogP contribution in [0.1, 0.15) is 26.7 Å². The summed E-state index contributed by atoms with van der Waals surface area (Å²) in [4.78, 5) is 26.4. The number of hydrogen-bond acceptors (Lipinski definition) is 3. The fourth-order valence-electron chi connectivity index (χ4n) is 3.17. The van der Waals surface area contributed by atoms with E-state index in [1.807, 2.05) is 19.9 Å². The molecule has 1 fully saturated rings. The predicted octanol–water partition coefficient (Wildman–Crippen LogP) is 3.11. The lowest BCUT2D eigenvalue weighted by Crippen LogP contribution is -2.47. The molecule has 7 heteroatoms. The number of anilines is 1. The van der Waals surface area contributed by atoms with Crippen molar-refractivity contribution >= 4 is 29.1 Å². The second-order valence-electron chi connectivity index (χ2n) is 6.49. The molecular formula is C18H21ClN4O2. The molecular weight excluding hydrogens is 340 g/mol. The molecule has 2 aromatic rings. The number of rotatable bonds is 5. The van der Waals surface area contributed by atoms with E-state index in [-0.39, 0.29) is 17.7 Å². The Morgan fingerprint density at radius 2 is 2.16 bits per heavy atom. The fourth-order valence-corrected chi connectivity index (χ4v) is 3.43. The SMILES string of the molecule is CC(C)[C@@H](C(=O)Nc1ccc(-n2cccn2)c(Cl)c1)N1CCCC1=O. The number of benzene rings is 1. The minimum atomic E-state index is -0.473. The monoisotopic (exact) mass is 360 g/mol. The molecule has 2 amide bonds. The molecule has 2 heterocycles. The second-order valence-corrected chi connectivity index (χ2v) is 6.89. The second kappa shape index (κ2) is 7.27. The first-order chi connectivity index (χ1) is 12.0. The highest BCUT2D eigenvalue weighted by molar-refractivity contribution is 6.32. The van der Waals surface area contributed by atoms with Gasteiger partial charge in [-0.05, 0) is 36.6 Å². The normalized spacial score (nSPS) is 15.7. The van der Waals surface area contributed by atoms with Gasteiger partial charge < -0.3 is 10.2 Å².